The van der Waals surface area contributed by atoms with E-state index in [9.17, 15) is 0 Å². The Balaban J connectivity index is 2.32. The molecule has 1 aliphatic rings. The summed E-state index contributed by atoms with van der Waals surface area (Å²) in [5.41, 5.74) is 1.75. The van der Waals surface area contributed by atoms with Crippen LogP contribution in [0.15, 0.2) is 6.20 Å². The molecule has 1 atom stereocenters. The average Bonchev–Trinajstić information content (AvgIpc) is 2.47. The van der Waals surface area contributed by atoms with Crippen molar-refractivity contribution in [3.63, 3.8) is 0 Å². The molecular weight excluding hydrogens is 242 g/mol. The van der Waals surface area contributed by atoms with Gasteiger partial charge in [-0.05, 0) is 20.9 Å². The molecule has 0 radical (unpaired) electrons. The maximum Gasteiger partial charge on any atom is 0.160 e. The van der Waals surface area contributed by atoms with E-state index in [1.165, 1.54) is 0 Å². The Morgan fingerprint density at radius 3 is 2.63 bits per heavy atom. The van der Waals surface area contributed by atoms with Crippen molar-refractivity contribution in [3.8, 4) is 0 Å². The van der Waals surface area contributed by atoms with Gasteiger partial charge in [0.05, 0.1) is 0 Å². The highest BCUT2D eigenvalue weighted by Gasteiger charge is 2.37. The maximum atomic E-state index is 5.73. The van der Waals surface area contributed by atoms with Crippen LogP contribution < -0.4 is 5.32 Å². The molecule has 19 heavy (non-hydrogen) atoms. The fourth-order valence-corrected chi connectivity index (χ4v) is 2.50. The highest BCUT2D eigenvalue weighted by molar-refractivity contribution is 5.21. The number of aromatic nitrogens is 2. The molecule has 1 saturated heterocycles. The second kappa shape index (κ2) is 5.94. The lowest BCUT2D eigenvalue weighted by Gasteiger charge is -2.34. The Morgan fingerprint density at radius 1 is 1.42 bits per heavy atom. The minimum absolute atomic E-state index is 0.252. The summed E-state index contributed by atoms with van der Waals surface area (Å²) in [6.45, 7) is 5.53. The predicted molar refractivity (Wildman–Crippen MR) is 73.0 cm³/mol. The van der Waals surface area contributed by atoms with Crippen molar-refractivity contribution in [3.05, 3.63) is 23.3 Å². The van der Waals surface area contributed by atoms with Gasteiger partial charge in [0.15, 0.2) is 5.82 Å². The Bertz CT molecular complexity index is 431. The quantitative estimate of drug-likeness (QED) is 0.898. The zero-order valence-corrected chi connectivity index (χ0v) is 12.2. The van der Waals surface area contributed by atoms with Gasteiger partial charge in [0.2, 0.25) is 0 Å². The molecule has 0 saturated carbocycles. The van der Waals surface area contributed by atoms with E-state index in [4.69, 9.17) is 9.47 Å². The van der Waals surface area contributed by atoms with Gasteiger partial charge in [0.25, 0.3) is 0 Å². The fourth-order valence-electron chi connectivity index (χ4n) is 2.50. The van der Waals surface area contributed by atoms with Gasteiger partial charge >= 0.3 is 0 Å². The van der Waals surface area contributed by atoms with Crippen LogP contribution >= 0.6 is 0 Å². The van der Waals surface area contributed by atoms with E-state index < -0.39 is 0 Å². The van der Waals surface area contributed by atoms with Crippen molar-refractivity contribution >= 4 is 0 Å². The topological polar surface area (TPSA) is 56.3 Å². The van der Waals surface area contributed by atoms with Crippen molar-refractivity contribution in [2.24, 2.45) is 0 Å². The minimum Gasteiger partial charge on any atom is -0.381 e. The van der Waals surface area contributed by atoms with E-state index in [1.54, 1.807) is 7.11 Å². The smallest absolute Gasteiger partial charge is 0.160 e. The van der Waals surface area contributed by atoms with E-state index in [1.807, 2.05) is 20.2 Å². The van der Waals surface area contributed by atoms with Crippen LogP contribution in [0.1, 0.15) is 42.9 Å². The van der Waals surface area contributed by atoms with Crippen LogP contribution in [0.25, 0.3) is 0 Å². The van der Waals surface area contributed by atoms with Crippen molar-refractivity contribution in [2.75, 3.05) is 27.4 Å². The van der Waals surface area contributed by atoms with Crippen LogP contribution in [0, 0.1) is 6.92 Å². The third-order valence-electron chi connectivity index (χ3n) is 4.02. The van der Waals surface area contributed by atoms with E-state index in [0.29, 0.717) is 13.2 Å². The largest absolute Gasteiger partial charge is 0.381 e. The molecule has 106 valence electrons. The third-order valence-corrected chi connectivity index (χ3v) is 4.02. The minimum atomic E-state index is -0.385. The van der Waals surface area contributed by atoms with Crippen LogP contribution in [-0.4, -0.2) is 37.3 Å². The van der Waals surface area contributed by atoms with Gasteiger partial charge in [-0.15, -0.1) is 0 Å². The Labute approximate surface area is 114 Å². The van der Waals surface area contributed by atoms with Gasteiger partial charge < -0.3 is 14.8 Å². The molecule has 1 unspecified atom stereocenters. The zero-order valence-electron chi connectivity index (χ0n) is 12.2. The van der Waals surface area contributed by atoms with Crippen LogP contribution in [0.4, 0.5) is 0 Å². The SMILES string of the molecule is CNC(C)c1cnc(C2(OC)CCOCC2)nc1C. The molecule has 0 aliphatic carbocycles. The van der Waals surface area contributed by atoms with E-state index in [-0.39, 0.29) is 11.6 Å². The lowest BCUT2D eigenvalue weighted by atomic mass is 9.92. The highest BCUT2D eigenvalue weighted by atomic mass is 16.5. The first kappa shape index (κ1) is 14.4. The van der Waals surface area contributed by atoms with E-state index in [2.05, 4.69) is 22.2 Å². The molecule has 1 aliphatic heterocycles. The molecule has 5 nitrogen and oxygen atoms in total. The maximum absolute atomic E-state index is 5.73. The summed E-state index contributed by atoms with van der Waals surface area (Å²) in [6, 6.07) is 0.252. The summed E-state index contributed by atoms with van der Waals surface area (Å²) in [6.07, 6.45) is 3.53. The van der Waals surface area contributed by atoms with E-state index in [0.717, 1.165) is 29.9 Å². The molecule has 0 aromatic carbocycles. The van der Waals surface area contributed by atoms with Crippen LogP contribution in [-0.2, 0) is 15.1 Å². The van der Waals surface area contributed by atoms with Crippen LogP contribution in [0.3, 0.4) is 0 Å². The first-order chi connectivity index (χ1) is 9.13. The van der Waals surface area contributed by atoms with Crippen molar-refractivity contribution < 1.29 is 9.47 Å². The molecule has 1 aromatic rings. The molecule has 5 heteroatoms. The Morgan fingerprint density at radius 2 is 2.11 bits per heavy atom. The lowest BCUT2D eigenvalue weighted by molar-refractivity contribution is -0.100. The first-order valence-corrected chi connectivity index (χ1v) is 6.77. The number of methoxy groups -OCH3 is 1. The summed E-state index contributed by atoms with van der Waals surface area (Å²) >= 11 is 0. The van der Waals surface area contributed by atoms with Gasteiger partial charge in [0, 0.05) is 56.7 Å². The standard InChI is InChI=1S/C14H23N3O2/c1-10(15-3)12-9-16-13(17-11(12)2)14(18-4)5-7-19-8-6-14/h9-10,15H,5-8H2,1-4H3. The second-order valence-corrected chi connectivity index (χ2v) is 5.06. The summed E-state index contributed by atoms with van der Waals surface area (Å²) in [5.74, 6) is 0.780. The van der Waals surface area contributed by atoms with Gasteiger partial charge in [-0.1, -0.05) is 0 Å². The predicted octanol–water partition coefficient (Wildman–Crippen LogP) is 1.72. The monoisotopic (exact) mass is 265 g/mol. The number of nitrogens with one attached hydrogen (secondary N) is 1. The van der Waals surface area contributed by atoms with E-state index >= 15 is 0 Å². The first-order valence-electron chi connectivity index (χ1n) is 6.77. The number of hydrogen-bond donors (Lipinski definition) is 1. The molecule has 0 spiro atoms. The molecular formula is C14H23N3O2. The third kappa shape index (κ3) is 2.78. The van der Waals surface area contributed by atoms with Crippen molar-refractivity contribution in [2.45, 2.75) is 38.3 Å². The average molecular weight is 265 g/mol. The van der Waals surface area contributed by atoms with Crippen LogP contribution in [0.2, 0.25) is 0 Å². The van der Waals surface area contributed by atoms with Crippen molar-refractivity contribution in [1.29, 1.82) is 0 Å². The Kier molecular flexibility index (Phi) is 4.50. The number of ether oxygens (including phenoxy) is 2. The second-order valence-electron chi connectivity index (χ2n) is 5.06. The molecule has 2 heterocycles. The summed E-state index contributed by atoms with van der Waals surface area (Å²) < 4.78 is 11.1. The number of hydrogen-bond acceptors (Lipinski definition) is 5. The molecule has 1 N–H and O–H groups in total. The summed E-state index contributed by atoms with van der Waals surface area (Å²) in [5, 5.41) is 3.21. The number of rotatable bonds is 4. The summed E-state index contributed by atoms with van der Waals surface area (Å²) in [7, 11) is 3.67. The molecule has 1 fully saturated rings. The molecule has 0 bridgehead atoms. The lowest BCUT2D eigenvalue weighted by Crippen LogP contribution is -2.37. The normalized spacial score (nSPS) is 20.2. The Hall–Kier alpha value is -1.04. The highest BCUT2D eigenvalue weighted by Crippen LogP contribution is 2.33. The fraction of sp³-hybridized carbons (Fsp3) is 0.714. The molecule has 2 rings (SSSR count). The van der Waals surface area contributed by atoms with Crippen molar-refractivity contribution in [1.82, 2.24) is 15.3 Å². The van der Waals surface area contributed by atoms with Gasteiger partial charge in [0.1, 0.15) is 5.60 Å². The van der Waals surface area contributed by atoms with Gasteiger partial charge in [-0.2, -0.15) is 0 Å². The number of nitrogens with zero attached hydrogens (tertiary/aromatic N) is 2. The molecule has 0 amide bonds. The number of aryl methyl sites for hydroxylation is 1. The van der Waals surface area contributed by atoms with Gasteiger partial charge in [-0.25, -0.2) is 9.97 Å². The van der Waals surface area contributed by atoms with Gasteiger partial charge in [-0.3, -0.25) is 0 Å². The molecule has 1 aromatic heterocycles. The zero-order chi connectivity index (χ0) is 13.9. The van der Waals surface area contributed by atoms with Crippen LogP contribution in [0.5, 0.6) is 0 Å². The summed E-state index contributed by atoms with van der Waals surface area (Å²) in [4.78, 5) is 9.22.